The van der Waals surface area contributed by atoms with E-state index in [1.807, 2.05) is 39.8 Å². The molecule has 0 aliphatic carbocycles. The van der Waals surface area contributed by atoms with Gasteiger partial charge in [0.15, 0.2) is 5.84 Å². The standard InChI is InChI=1S/C33H38N2O/c1-11-28(31-18-19(2)12-13-22(31)5)26(9)34-33(29-16-14-20(3)23(6)25(29)8)35-27(10)30-17-15-21(4)24(7)32(30)36/h11-18,36H,10H2,1-9H3/b28-11-,34-26?,35-33?. The number of rotatable bonds is 5. The predicted molar refractivity (Wildman–Crippen MR) is 156 cm³/mol. The second kappa shape index (κ2) is 10.9. The number of aryl methyl sites for hydroxylation is 4. The van der Waals surface area contributed by atoms with Gasteiger partial charge in [-0.05, 0) is 113 Å². The van der Waals surface area contributed by atoms with Gasteiger partial charge in [-0.2, -0.15) is 0 Å². The molecule has 0 aromatic heterocycles. The fourth-order valence-corrected chi connectivity index (χ4v) is 4.37. The Kier molecular flexibility index (Phi) is 8.14. The van der Waals surface area contributed by atoms with Crippen molar-refractivity contribution in [3.8, 4) is 5.75 Å². The fourth-order valence-electron chi connectivity index (χ4n) is 4.37. The van der Waals surface area contributed by atoms with Gasteiger partial charge in [0.05, 0.1) is 5.70 Å². The van der Waals surface area contributed by atoms with Crippen molar-refractivity contribution < 1.29 is 5.11 Å². The van der Waals surface area contributed by atoms with Crippen LogP contribution in [-0.4, -0.2) is 16.7 Å². The monoisotopic (exact) mass is 478 g/mol. The number of amidine groups is 1. The molecule has 0 radical (unpaired) electrons. The zero-order valence-electron chi connectivity index (χ0n) is 23.2. The third kappa shape index (κ3) is 5.41. The van der Waals surface area contributed by atoms with Gasteiger partial charge in [0.25, 0.3) is 0 Å². The number of hydrogen-bond acceptors (Lipinski definition) is 2. The Morgan fingerprint density at radius 3 is 1.94 bits per heavy atom. The van der Waals surface area contributed by atoms with Gasteiger partial charge >= 0.3 is 0 Å². The van der Waals surface area contributed by atoms with Crippen LogP contribution in [0, 0.1) is 48.5 Å². The molecule has 0 fully saturated rings. The maximum atomic E-state index is 10.8. The summed E-state index contributed by atoms with van der Waals surface area (Å²) in [5, 5.41) is 10.8. The lowest BCUT2D eigenvalue weighted by Crippen LogP contribution is -2.08. The Balaban J connectivity index is 2.23. The topological polar surface area (TPSA) is 45.0 Å². The molecular formula is C33H38N2O. The molecule has 3 nitrogen and oxygen atoms in total. The molecule has 0 aliphatic rings. The highest BCUT2D eigenvalue weighted by Crippen LogP contribution is 2.31. The summed E-state index contributed by atoms with van der Waals surface area (Å²) in [6, 6.07) is 14.5. The Morgan fingerprint density at radius 2 is 1.31 bits per heavy atom. The Morgan fingerprint density at radius 1 is 0.722 bits per heavy atom. The van der Waals surface area contributed by atoms with Crippen LogP contribution in [0.4, 0.5) is 0 Å². The van der Waals surface area contributed by atoms with E-state index in [9.17, 15) is 5.11 Å². The summed E-state index contributed by atoms with van der Waals surface area (Å²) in [6.45, 7) is 22.7. The molecule has 0 saturated heterocycles. The molecule has 3 rings (SSSR count). The maximum absolute atomic E-state index is 10.8. The number of phenolic OH excluding ortho intramolecular Hbond substituents is 1. The highest BCUT2D eigenvalue weighted by atomic mass is 16.3. The quantitative estimate of drug-likeness (QED) is 0.290. The van der Waals surface area contributed by atoms with Crippen LogP contribution in [0.25, 0.3) is 11.3 Å². The molecule has 0 saturated carbocycles. The van der Waals surface area contributed by atoms with E-state index >= 15 is 0 Å². The summed E-state index contributed by atoms with van der Waals surface area (Å²) in [7, 11) is 0. The zero-order chi connectivity index (χ0) is 26.7. The van der Waals surface area contributed by atoms with E-state index in [2.05, 4.69) is 77.6 Å². The van der Waals surface area contributed by atoms with E-state index < -0.39 is 0 Å². The lowest BCUT2D eigenvalue weighted by molar-refractivity contribution is 0.468. The summed E-state index contributed by atoms with van der Waals surface area (Å²) in [5.74, 6) is 0.797. The zero-order valence-corrected chi connectivity index (χ0v) is 23.2. The van der Waals surface area contributed by atoms with Gasteiger partial charge in [-0.15, -0.1) is 0 Å². The van der Waals surface area contributed by atoms with Gasteiger partial charge in [-0.3, -0.25) is 0 Å². The minimum absolute atomic E-state index is 0.213. The first kappa shape index (κ1) is 26.9. The van der Waals surface area contributed by atoms with Gasteiger partial charge in [0, 0.05) is 16.8 Å². The molecule has 0 bridgehead atoms. The molecule has 0 amide bonds. The van der Waals surface area contributed by atoms with Crippen molar-refractivity contribution in [3.63, 3.8) is 0 Å². The van der Waals surface area contributed by atoms with E-state index in [0.717, 1.165) is 33.5 Å². The second-order valence-corrected chi connectivity index (χ2v) is 9.68. The van der Waals surface area contributed by atoms with Gasteiger partial charge in [0.2, 0.25) is 0 Å². The van der Waals surface area contributed by atoms with Crippen LogP contribution in [0.2, 0.25) is 0 Å². The number of aliphatic imine (C=N–C) groups is 2. The predicted octanol–water partition coefficient (Wildman–Crippen LogP) is 8.53. The van der Waals surface area contributed by atoms with Crippen molar-refractivity contribution in [1.29, 1.82) is 0 Å². The first-order valence-corrected chi connectivity index (χ1v) is 12.4. The molecule has 0 unspecified atom stereocenters. The van der Waals surface area contributed by atoms with Crippen LogP contribution in [-0.2, 0) is 0 Å². The van der Waals surface area contributed by atoms with E-state index in [1.54, 1.807) is 0 Å². The van der Waals surface area contributed by atoms with Gasteiger partial charge in [0.1, 0.15) is 5.75 Å². The third-order valence-corrected chi connectivity index (χ3v) is 7.19. The number of aromatic hydroxyl groups is 1. The summed E-state index contributed by atoms with van der Waals surface area (Å²) in [5.41, 5.74) is 13.0. The van der Waals surface area contributed by atoms with Crippen molar-refractivity contribution in [2.75, 3.05) is 0 Å². The van der Waals surface area contributed by atoms with Gasteiger partial charge in [-0.1, -0.05) is 54.6 Å². The summed E-state index contributed by atoms with van der Waals surface area (Å²) < 4.78 is 0. The van der Waals surface area contributed by atoms with Crippen LogP contribution in [0.1, 0.15) is 69.5 Å². The molecule has 0 heterocycles. The van der Waals surface area contributed by atoms with Crippen molar-refractivity contribution in [3.05, 3.63) is 111 Å². The van der Waals surface area contributed by atoms with Crippen molar-refractivity contribution in [2.24, 2.45) is 9.98 Å². The SMILES string of the molecule is C=C(N=C(N=C(C)/C(=C/C)c1cc(C)ccc1C)c1ccc(C)c(C)c1C)c1ccc(C)c(C)c1O. The molecule has 3 aromatic carbocycles. The number of hydrogen-bond donors (Lipinski definition) is 1. The molecular weight excluding hydrogens is 440 g/mol. The maximum Gasteiger partial charge on any atom is 0.160 e. The van der Waals surface area contributed by atoms with Gasteiger partial charge in [-0.25, -0.2) is 9.98 Å². The van der Waals surface area contributed by atoms with E-state index in [0.29, 0.717) is 17.1 Å². The van der Waals surface area contributed by atoms with Crippen LogP contribution in [0.5, 0.6) is 5.75 Å². The fraction of sp³-hybridized carbons (Fsp3) is 0.273. The number of allylic oxidation sites excluding steroid dienone is 2. The minimum atomic E-state index is 0.213. The van der Waals surface area contributed by atoms with Crippen LogP contribution in [0.15, 0.2) is 65.1 Å². The Bertz CT molecular complexity index is 1430. The lowest BCUT2D eigenvalue weighted by atomic mass is 9.95. The average molecular weight is 479 g/mol. The molecule has 0 aliphatic heterocycles. The highest BCUT2D eigenvalue weighted by molar-refractivity contribution is 6.27. The van der Waals surface area contributed by atoms with E-state index in [-0.39, 0.29) is 5.75 Å². The molecule has 3 aromatic rings. The highest BCUT2D eigenvalue weighted by Gasteiger charge is 2.16. The van der Waals surface area contributed by atoms with E-state index in [1.165, 1.54) is 27.8 Å². The largest absolute Gasteiger partial charge is 0.507 e. The van der Waals surface area contributed by atoms with Crippen molar-refractivity contribution in [2.45, 2.75) is 62.3 Å². The minimum Gasteiger partial charge on any atom is -0.507 e. The summed E-state index contributed by atoms with van der Waals surface area (Å²) >= 11 is 0. The number of benzene rings is 3. The first-order chi connectivity index (χ1) is 17.0. The Hall–Kier alpha value is -3.72. The normalized spacial score (nSPS) is 12.8. The molecule has 0 atom stereocenters. The first-order valence-electron chi connectivity index (χ1n) is 12.4. The summed E-state index contributed by atoms with van der Waals surface area (Å²) in [6.07, 6.45) is 2.11. The van der Waals surface area contributed by atoms with Crippen molar-refractivity contribution >= 4 is 22.8 Å². The number of phenols is 1. The molecule has 3 heteroatoms. The summed E-state index contributed by atoms with van der Waals surface area (Å²) in [4.78, 5) is 10.0. The second-order valence-electron chi connectivity index (χ2n) is 9.68. The molecule has 1 N–H and O–H groups in total. The van der Waals surface area contributed by atoms with Gasteiger partial charge < -0.3 is 5.11 Å². The smallest absolute Gasteiger partial charge is 0.160 e. The van der Waals surface area contributed by atoms with E-state index in [4.69, 9.17) is 9.98 Å². The molecule has 0 spiro atoms. The number of nitrogens with zero attached hydrogens (tertiary/aromatic N) is 2. The Labute approximate surface area is 216 Å². The molecule has 186 valence electrons. The molecule has 36 heavy (non-hydrogen) atoms. The average Bonchev–Trinajstić information content (AvgIpc) is 2.83. The lowest BCUT2D eigenvalue weighted by Gasteiger charge is -2.15. The third-order valence-electron chi connectivity index (χ3n) is 7.19. The van der Waals surface area contributed by atoms with Crippen LogP contribution < -0.4 is 0 Å². The van der Waals surface area contributed by atoms with Crippen molar-refractivity contribution in [1.82, 2.24) is 0 Å². The van der Waals surface area contributed by atoms with Crippen LogP contribution in [0.3, 0.4) is 0 Å². The van der Waals surface area contributed by atoms with Crippen LogP contribution >= 0.6 is 0 Å².